The Morgan fingerprint density at radius 1 is 0.919 bits per heavy atom. The molecule has 1 N–H and O–H groups in total. The zero-order valence-corrected chi connectivity index (χ0v) is 22.3. The van der Waals surface area contributed by atoms with Crippen molar-refractivity contribution in [1.29, 1.82) is 0 Å². The van der Waals surface area contributed by atoms with E-state index >= 15 is 0 Å². The van der Waals surface area contributed by atoms with Gasteiger partial charge in [-0.2, -0.15) is 0 Å². The Kier molecular flexibility index (Phi) is 8.53. The molecule has 4 aromatic rings. The predicted molar refractivity (Wildman–Crippen MR) is 148 cm³/mol. The SMILES string of the molecule is Cc1ccc(S(=O)(=O)N(CC(=O)Nc2ccccc2SCc2ccc(Cl)cc2)c2ccc(F)cc2)cc1. The van der Waals surface area contributed by atoms with Gasteiger partial charge >= 0.3 is 0 Å². The number of sulfonamides is 1. The van der Waals surface area contributed by atoms with E-state index < -0.39 is 28.3 Å². The van der Waals surface area contributed by atoms with E-state index in [1.165, 1.54) is 36.0 Å². The van der Waals surface area contributed by atoms with E-state index in [1.807, 2.05) is 43.3 Å². The summed E-state index contributed by atoms with van der Waals surface area (Å²) in [5.41, 5.74) is 2.72. The Labute approximate surface area is 225 Å². The summed E-state index contributed by atoms with van der Waals surface area (Å²) in [6, 6.07) is 26.2. The van der Waals surface area contributed by atoms with E-state index in [2.05, 4.69) is 5.32 Å². The maximum absolute atomic E-state index is 13.6. The first kappa shape index (κ1) is 26.7. The molecule has 190 valence electrons. The number of hydrogen-bond acceptors (Lipinski definition) is 4. The van der Waals surface area contributed by atoms with E-state index in [0.717, 1.165) is 32.5 Å². The van der Waals surface area contributed by atoms with Crippen molar-refractivity contribution in [3.05, 3.63) is 119 Å². The van der Waals surface area contributed by atoms with Crippen LogP contribution in [0.5, 0.6) is 0 Å². The molecular formula is C28H24ClFN2O3S2. The Morgan fingerprint density at radius 2 is 1.57 bits per heavy atom. The van der Waals surface area contributed by atoms with Crippen LogP contribution in [0.1, 0.15) is 11.1 Å². The lowest BCUT2D eigenvalue weighted by molar-refractivity contribution is -0.114. The highest BCUT2D eigenvalue weighted by atomic mass is 35.5. The maximum Gasteiger partial charge on any atom is 0.264 e. The Bertz CT molecular complexity index is 1480. The van der Waals surface area contributed by atoms with E-state index in [-0.39, 0.29) is 10.6 Å². The molecule has 0 radical (unpaired) electrons. The van der Waals surface area contributed by atoms with Gasteiger partial charge in [0.05, 0.1) is 16.3 Å². The van der Waals surface area contributed by atoms with Gasteiger partial charge in [0.15, 0.2) is 0 Å². The van der Waals surface area contributed by atoms with Crippen molar-refractivity contribution in [3.63, 3.8) is 0 Å². The fourth-order valence-electron chi connectivity index (χ4n) is 3.52. The van der Waals surface area contributed by atoms with Crippen LogP contribution < -0.4 is 9.62 Å². The topological polar surface area (TPSA) is 66.5 Å². The highest BCUT2D eigenvalue weighted by molar-refractivity contribution is 7.98. The van der Waals surface area contributed by atoms with Crippen molar-refractivity contribution in [2.45, 2.75) is 22.5 Å². The molecule has 0 aliphatic rings. The minimum Gasteiger partial charge on any atom is -0.323 e. The number of thioether (sulfide) groups is 1. The number of benzene rings is 4. The molecule has 4 rings (SSSR count). The quantitative estimate of drug-likeness (QED) is 0.228. The molecule has 0 bridgehead atoms. The van der Waals surface area contributed by atoms with Crippen LogP contribution in [0.15, 0.2) is 107 Å². The van der Waals surface area contributed by atoms with Crippen LogP contribution in [-0.2, 0) is 20.6 Å². The van der Waals surface area contributed by atoms with Crippen LogP contribution in [0.2, 0.25) is 5.02 Å². The van der Waals surface area contributed by atoms with Gasteiger partial charge < -0.3 is 5.32 Å². The minimum atomic E-state index is -4.10. The molecule has 0 spiro atoms. The summed E-state index contributed by atoms with van der Waals surface area (Å²) in [6.45, 7) is 1.36. The van der Waals surface area contributed by atoms with Crippen LogP contribution in [0.3, 0.4) is 0 Å². The summed E-state index contributed by atoms with van der Waals surface area (Å²) >= 11 is 7.50. The second kappa shape index (κ2) is 11.8. The molecule has 0 unspecified atom stereocenters. The summed E-state index contributed by atoms with van der Waals surface area (Å²) in [5, 5.41) is 3.50. The summed E-state index contributed by atoms with van der Waals surface area (Å²) in [4.78, 5) is 14.0. The lowest BCUT2D eigenvalue weighted by Crippen LogP contribution is -2.38. The van der Waals surface area contributed by atoms with Gasteiger partial charge in [-0.3, -0.25) is 9.10 Å². The molecule has 9 heteroatoms. The number of nitrogens with zero attached hydrogens (tertiary/aromatic N) is 1. The lowest BCUT2D eigenvalue weighted by Gasteiger charge is -2.24. The van der Waals surface area contributed by atoms with Crippen molar-refractivity contribution >= 4 is 50.7 Å². The van der Waals surface area contributed by atoms with Gasteiger partial charge in [0.2, 0.25) is 5.91 Å². The van der Waals surface area contributed by atoms with Crippen LogP contribution >= 0.6 is 23.4 Å². The molecule has 0 atom stereocenters. The van der Waals surface area contributed by atoms with E-state index in [4.69, 9.17) is 11.6 Å². The molecule has 5 nitrogen and oxygen atoms in total. The smallest absolute Gasteiger partial charge is 0.264 e. The summed E-state index contributed by atoms with van der Waals surface area (Å²) < 4.78 is 41.6. The van der Waals surface area contributed by atoms with Gasteiger partial charge in [-0.1, -0.05) is 53.6 Å². The van der Waals surface area contributed by atoms with Gasteiger partial charge in [0, 0.05) is 15.7 Å². The van der Waals surface area contributed by atoms with Gasteiger partial charge in [0.25, 0.3) is 10.0 Å². The molecule has 1 amide bonds. The van der Waals surface area contributed by atoms with Crippen molar-refractivity contribution in [3.8, 4) is 0 Å². The largest absolute Gasteiger partial charge is 0.323 e. The Balaban J connectivity index is 1.56. The number of hydrogen-bond donors (Lipinski definition) is 1. The number of carbonyl (C=O) groups is 1. The maximum atomic E-state index is 13.6. The highest BCUT2D eigenvalue weighted by Gasteiger charge is 2.27. The number of aryl methyl sites for hydroxylation is 1. The third kappa shape index (κ3) is 6.91. The lowest BCUT2D eigenvalue weighted by atomic mass is 10.2. The molecule has 0 saturated carbocycles. The van der Waals surface area contributed by atoms with E-state index in [9.17, 15) is 17.6 Å². The number of rotatable bonds is 9. The number of carbonyl (C=O) groups excluding carboxylic acids is 1. The van der Waals surface area contributed by atoms with Crippen LogP contribution in [-0.4, -0.2) is 20.9 Å². The van der Waals surface area contributed by atoms with Crippen LogP contribution in [0.4, 0.5) is 15.8 Å². The fourth-order valence-corrected chi connectivity index (χ4v) is 6.03. The molecule has 0 heterocycles. The number of anilines is 2. The number of para-hydroxylation sites is 1. The van der Waals surface area contributed by atoms with Crippen LogP contribution in [0, 0.1) is 12.7 Å². The molecule has 0 aliphatic carbocycles. The summed E-state index contributed by atoms with van der Waals surface area (Å²) in [6.07, 6.45) is 0. The Hall–Kier alpha value is -3.33. The molecule has 4 aromatic carbocycles. The number of amides is 1. The number of halogens is 2. The second-order valence-electron chi connectivity index (χ2n) is 8.26. The van der Waals surface area contributed by atoms with Crippen molar-refractivity contribution in [1.82, 2.24) is 0 Å². The average Bonchev–Trinajstić information content (AvgIpc) is 2.88. The monoisotopic (exact) mass is 554 g/mol. The zero-order valence-electron chi connectivity index (χ0n) is 19.9. The van der Waals surface area contributed by atoms with Crippen molar-refractivity contribution in [2.24, 2.45) is 0 Å². The molecule has 0 fully saturated rings. The standard InChI is InChI=1S/C28H24ClFN2O3S2/c1-20-6-16-25(17-7-20)37(34,35)32(24-14-12-23(30)13-15-24)18-28(33)31-26-4-2-3-5-27(26)36-19-21-8-10-22(29)11-9-21/h2-17H,18-19H2,1H3,(H,31,33). The summed E-state index contributed by atoms with van der Waals surface area (Å²) in [5.74, 6) is -0.375. The summed E-state index contributed by atoms with van der Waals surface area (Å²) in [7, 11) is -4.10. The van der Waals surface area contributed by atoms with Gasteiger partial charge in [-0.05, 0) is 73.2 Å². The molecule has 0 saturated heterocycles. The minimum absolute atomic E-state index is 0.0362. The first-order valence-corrected chi connectivity index (χ1v) is 14.1. The molecule has 0 aromatic heterocycles. The molecular weight excluding hydrogens is 531 g/mol. The molecule has 0 aliphatic heterocycles. The van der Waals surface area contributed by atoms with Crippen LogP contribution in [0.25, 0.3) is 0 Å². The first-order chi connectivity index (χ1) is 17.7. The third-order valence-corrected chi connectivity index (χ3v) is 8.66. The fraction of sp³-hybridized carbons (Fsp3) is 0.107. The van der Waals surface area contributed by atoms with E-state index in [1.54, 1.807) is 24.3 Å². The average molecular weight is 555 g/mol. The number of nitrogens with one attached hydrogen (secondary N) is 1. The predicted octanol–water partition coefficient (Wildman–Crippen LogP) is 6.91. The van der Waals surface area contributed by atoms with Gasteiger partial charge in [-0.25, -0.2) is 12.8 Å². The van der Waals surface area contributed by atoms with Crippen molar-refractivity contribution in [2.75, 3.05) is 16.2 Å². The zero-order chi connectivity index (χ0) is 26.4. The second-order valence-corrected chi connectivity index (χ2v) is 11.6. The molecule has 37 heavy (non-hydrogen) atoms. The van der Waals surface area contributed by atoms with Gasteiger partial charge in [-0.15, -0.1) is 11.8 Å². The van der Waals surface area contributed by atoms with E-state index in [0.29, 0.717) is 16.5 Å². The Morgan fingerprint density at radius 3 is 2.24 bits per heavy atom. The first-order valence-electron chi connectivity index (χ1n) is 11.3. The third-order valence-electron chi connectivity index (χ3n) is 5.48. The van der Waals surface area contributed by atoms with Gasteiger partial charge in [0.1, 0.15) is 12.4 Å². The highest BCUT2D eigenvalue weighted by Crippen LogP contribution is 2.31. The van der Waals surface area contributed by atoms with Crippen molar-refractivity contribution < 1.29 is 17.6 Å². The normalized spacial score (nSPS) is 11.2.